The Labute approximate surface area is 192 Å². The van der Waals surface area contributed by atoms with Gasteiger partial charge in [0, 0.05) is 37.4 Å². The van der Waals surface area contributed by atoms with Crippen LogP contribution < -0.4 is 9.64 Å². The van der Waals surface area contributed by atoms with E-state index in [-0.39, 0.29) is 24.1 Å². The Morgan fingerprint density at radius 3 is 2.30 bits per heavy atom. The van der Waals surface area contributed by atoms with Crippen LogP contribution in [0, 0.1) is 0 Å². The third-order valence-corrected chi connectivity index (χ3v) is 5.79. The second-order valence-electron chi connectivity index (χ2n) is 7.96. The summed E-state index contributed by atoms with van der Waals surface area (Å²) >= 11 is 0. The highest BCUT2D eigenvalue weighted by molar-refractivity contribution is 5.94. The lowest BCUT2D eigenvalue weighted by Crippen LogP contribution is -2.49. The molecule has 0 saturated carbocycles. The predicted octanol–water partition coefficient (Wildman–Crippen LogP) is 2.19. The van der Waals surface area contributed by atoms with Crippen molar-refractivity contribution in [3.05, 3.63) is 71.8 Å². The fourth-order valence-corrected chi connectivity index (χ4v) is 3.81. The van der Waals surface area contributed by atoms with Crippen LogP contribution in [0.2, 0.25) is 0 Å². The molecule has 0 unspecified atom stereocenters. The van der Waals surface area contributed by atoms with Crippen LogP contribution in [0.15, 0.2) is 54.9 Å². The van der Waals surface area contributed by atoms with Gasteiger partial charge in [0.1, 0.15) is 12.1 Å². The van der Waals surface area contributed by atoms with Crippen molar-refractivity contribution >= 4 is 17.4 Å². The number of ketones is 1. The minimum atomic E-state index is -0.779. The standard InChI is InChI=1S/C24H27N5O4/c1-17(30)18-3-7-20(8-4-18)27-11-13-28(14-12-27)24(32)23-25-16-29(26-23)15-22(31)19-5-9-21(33-2)10-6-19/h3-10,16,22,31H,11-15H2,1-2H3/t22-/m1/s1. The van der Waals surface area contributed by atoms with E-state index in [1.165, 1.54) is 11.0 Å². The van der Waals surface area contributed by atoms with Crippen molar-refractivity contribution in [3.8, 4) is 5.75 Å². The van der Waals surface area contributed by atoms with Gasteiger partial charge in [-0.05, 0) is 48.9 Å². The molecule has 0 radical (unpaired) electrons. The molecule has 4 rings (SSSR count). The summed E-state index contributed by atoms with van der Waals surface area (Å²) in [4.78, 5) is 32.4. The molecule has 9 heteroatoms. The summed E-state index contributed by atoms with van der Waals surface area (Å²) < 4.78 is 6.61. The van der Waals surface area contributed by atoms with Crippen molar-refractivity contribution in [3.63, 3.8) is 0 Å². The number of Topliss-reactive ketones (excluding diaryl/α,β-unsaturated/α-hetero) is 1. The summed E-state index contributed by atoms with van der Waals surface area (Å²) in [6.07, 6.45) is 0.686. The number of hydrogen-bond donors (Lipinski definition) is 1. The van der Waals surface area contributed by atoms with Gasteiger partial charge in [-0.1, -0.05) is 12.1 Å². The van der Waals surface area contributed by atoms with Crippen LogP contribution in [-0.4, -0.2) is 69.8 Å². The first-order valence-electron chi connectivity index (χ1n) is 10.8. The second-order valence-corrected chi connectivity index (χ2v) is 7.96. The fourth-order valence-electron chi connectivity index (χ4n) is 3.81. The van der Waals surface area contributed by atoms with Gasteiger partial charge in [0.15, 0.2) is 5.78 Å². The van der Waals surface area contributed by atoms with Crippen LogP contribution in [-0.2, 0) is 6.54 Å². The number of aliphatic hydroxyl groups excluding tert-OH is 1. The molecule has 33 heavy (non-hydrogen) atoms. The van der Waals surface area contributed by atoms with Gasteiger partial charge >= 0.3 is 0 Å². The number of hydrogen-bond acceptors (Lipinski definition) is 7. The highest BCUT2D eigenvalue weighted by atomic mass is 16.5. The van der Waals surface area contributed by atoms with Gasteiger partial charge in [0.25, 0.3) is 5.91 Å². The molecular formula is C24H27N5O4. The first-order valence-corrected chi connectivity index (χ1v) is 10.8. The SMILES string of the molecule is COc1ccc([C@H](O)Cn2cnc(C(=O)N3CCN(c4ccc(C(C)=O)cc4)CC3)n2)cc1. The normalized spacial score (nSPS) is 14.8. The van der Waals surface area contributed by atoms with Crippen molar-refractivity contribution < 1.29 is 19.4 Å². The molecule has 1 N–H and O–H groups in total. The van der Waals surface area contributed by atoms with Gasteiger partial charge in [-0.2, -0.15) is 0 Å². The number of nitrogens with zero attached hydrogens (tertiary/aromatic N) is 5. The van der Waals surface area contributed by atoms with Crippen molar-refractivity contribution in [1.29, 1.82) is 0 Å². The van der Waals surface area contributed by atoms with Crippen LogP contribution >= 0.6 is 0 Å². The number of anilines is 1. The lowest BCUT2D eigenvalue weighted by Gasteiger charge is -2.35. The Balaban J connectivity index is 1.32. The fraction of sp³-hybridized carbons (Fsp3) is 0.333. The van der Waals surface area contributed by atoms with Gasteiger partial charge in [-0.3, -0.25) is 9.59 Å². The van der Waals surface area contributed by atoms with Crippen LogP contribution in [0.3, 0.4) is 0 Å². The van der Waals surface area contributed by atoms with Crippen molar-refractivity contribution in [2.75, 3.05) is 38.2 Å². The lowest BCUT2D eigenvalue weighted by molar-refractivity contribution is 0.0732. The molecule has 172 valence electrons. The van der Waals surface area contributed by atoms with E-state index in [9.17, 15) is 14.7 Å². The lowest BCUT2D eigenvalue weighted by atomic mass is 10.1. The number of carbonyl (C=O) groups excluding carboxylic acids is 2. The third-order valence-electron chi connectivity index (χ3n) is 5.79. The summed E-state index contributed by atoms with van der Waals surface area (Å²) in [5.74, 6) is 0.656. The minimum absolute atomic E-state index is 0.0421. The summed E-state index contributed by atoms with van der Waals surface area (Å²) in [5, 5.41) is 14.7. The summed E-state index contributed by atoms with van der Waals surface area (Å²) in [6, 6.07) is 14.7. The van der Waals surface area contributed by atoms with E-state index < -0.39 is 6.10 Å². The molecule has 1 amide bonds. The molecule has 0 spiro atoms. The quantitative estimate of drug-likeness (QED) is 0.552. The van der Waals surface area contributed by atoms with Crippen molar-refractivity contribution in [2.45, 2.75) is 19.6 Å². The van der Waals surface area contributed by atoms with Crippen LogP contribution in [0.4, 0.5) is 5.69 Å². The van der Waals surface area contributed by atoms with E-state index >= 15 is 0 Å². The highest BCUT2D eigenvalue weighted by Crippen LogP contribution is 2.20. The first-order chi connectivity index (χ1) is 15.9. The van der Waals surface area contributed by atoms with Gasteiger partial charge in [-0.25, -0.2) is 9.67 Å². The number of carbonyl (C=O) groups is 2. The summed E-state index contributed by atoms with van der Waals surface area (Å²) in [6.45, 7) is 4.21. The van der Waals surface area contributed by atoms with E-state index in [2.05, 4.69) is 15.0 Å². The minimum Gasteiger partial charge on any atom is -0.497 e. The van der Waals surface area contributed by atoms with E-state index in [0.717, 1.165) is 11.3 Å². The average molecular weight is 450 g/mol. The number of methoxy groups -OCH3 is 1. The largest absolute Gasteiger partial charge is 0.497 e. The zero-order valence-electron chi connectivity index (χ0n) is 18.7. The van der Waals surface area contributed by atoms with Crippen molar-refractivity contribution in [1.82, 2.24) is 19.7 Å². The molecule has 0 aliphatic carbocycles. The van der Waals surface area contributed by atoms with Gasteiger partial charge in [-0.15, -0.1) is 5.10 Å². The Bertz CT molecular complexity index is 1100. The molecule has 2 aromatic carbocycles. The number of aromatic nitrogens is 3. The molecule has 2 heterocycles. The molecule has 1 fully saturated rings. The monoisotopic (exact) mass is 449 g/mol. The molecule has 0 bridgehead atoms. The first kappa shape index (κ1) is 22.5. The smallest absolute Gasteiger partial charge is 0.293 e. The van der Waals surface area contributed by atoms with E-state index in [4.69, 9.17) is 4.74 Å². The van der Waals surface area contributed by atoms with Crippen molar-refractivity contribution in [2.24, 2.45) is 0 Å². The van der Waals surface area contributed by atoms with Gasteiger partial charge in [0.05, 0.1) is 19.8 Å². The molecule has 1 aromatic heterocycles. The second kappa shape index (κ2) is 9.83. The van der Waals surface area contributed by atoms with Crippen LogP contribution in [0.1, 0.15) is 39.6 Å². The number of piperazine rings is 1. The van der Waals surface area contributed by atoms with Crippen LogP contribution in [0.5, 0.6) is 5.75 Å². The number of ether oxygens (including phenoxy) is 1. The van der Waals surface area contributed by atoms with E-state index in [0.29, 0.717) is 37.5 Å². The average Bonchev–Trinajstić information content (AvgIpc) is 3.32. The highest BCUT2D eigenvalue weighted by Gasteiger charge is 2.25. The Morgan fingerprint density at radius 2 is 1.70 bits per heavy atom. The van der Waals surface area contributed by atoms with E-state index in [1.807, 2.05) is 24.3 Å². The molecule has 1 atom stereocenters. The number of amides is 1. The number of benzene rings is 2. The molecule has 9 nitrogen and oxygen atoms in total. The molecule has 3 aromatic rings. The zero-order chi connectivity index (χ0) is 23.4. The molecule has 1 aliphatic rings. The maximum absolute atomic E-state index is 12.9. The predicted molar refractivity (Wildman–Crippen MR) is 123 cm³/mol. The number of rotatable bonds is 7. The Kier molecular flexibility index (Phi) is 6.69. The summed E-state index contributed by atoms with van der Waals surface area (Å²) in [7, 11) is 1.59. The maximum Gasteiger partial charge on any atom is 0.293 e. The Hall–Kier alpha value is -3.72. The van der Waals surface area contributed by atoms with Gasteiger partial charge < -0.3 is 19.6 Å². The topological polar surface area (TPSA) is 101 Å². The Morgan fingerprint density at radius 1 is 1.03 bits per heavy atom. The third kappa shape index (κ3) is 5.20. The van der Waals surface area contributed by atoms with Gasteiger partial charge in [0.2, 0.25) is 5.82 Å². The molecular weight excluding hydrogens is 422 g/mol. The summed E-state index contributed by atoms with van der Waals surface area (Å²) in [5.41, 5.74) is 2.44. The van der Waals surface area contributed by atoms with Crippen LogP contribution in [0.25, 0.3) is 0 Å². The molecule has 1 saturated heterocycles. The molecule has 1 aliphatic heterocycles. The van der Waals surface area contributed by atoms with E-state index in [1.54, 1.807) is 43.2 Å². The maximum atomic E-state index is 12.9. The number of aliphatic hydroxyl groups is 1. The zero-order valence-corrected chi connectivity index (χ0v) is 18.7.